The summed E-state index contributed by atoms with van der Waals surface area (Å²) in [5.74, 6) is 0.962. The maximum atomic E-state index is 4.50. The number of imidazole rings is 1. The number of hydrogen-bond acceptors (Lipinski definition) is 2. The fraction of sp³-hybridized carbons (Fsp3) is 0.357. The average molecular weight is 227 g/mol. The first-order chi connectivity index (χ1) is 8.24. The highest BCUT2D eigenvalue weighted by Crippen LogP contribution is 2.33. The van der Waals surface area contributed by atoms with E-state index >= 15 is 0 Å². The van der Waals surface area contributed by atoms with Gasteiger partial charge in [-0.2, -0.15) is 0 Å². The summed E-state index contributed by atoms with van der Waals surface area (Å²) in [7, 11) is 2.03. The molecular formula is C14H17N3. The van der Waals surface area contributed by atoms with Crippen molar-refractivity contribution < 1.29 is 0 Å². The molecule has 0 saturated carbocycles. The Kier molecular flexibility index (Phi) is 2.39. The summed E-state index contributed by atoms with van der Waals surface area (Å²) in [6, 6.07) is 9.08. The summed E-state index contributed by atoms with van der Waals surface area (Å²) in [6.07, 6.45) is 4.37. The number of nitrogens with zero attached hydrogens (tertiary/aromatic N) is 2. The van der Waals surface area contributed by atoms with E-state index in [0.717, 1.165) is 24.5 Å². The van der Waals surface area contributed by atoms with Crippen molar-refractivity contribution in [2.45, 2.75) is 25.8 Å². The molecule has 0 aliphatic heterocycles. The van der Waals surface area contributed by atoms with Crippen molar-refractivity contribution in [2.24, 2.45) is 7.05 Å². The first-order valence-electron chi connectivity index (χ1n) is 6.08. The first kappa shape index (κ1) is 10.4. The van der Waals surface area contributed by atoms with Gasteiger partial charge in [-0.3, -0.25) is 0 Å². The highest BCUT2D eigenvalue weighted by atomic mass is 15.2. The van der Waals surface area contributed by atoms with E-state index in [1.807, 2.05) is 20.2 Å². The van der Waals surface area contributed by atoms with E-state index in [1.165, 1.54) is 11.1 Å². The molecule has 2 aromatic rings. The zero-order valence-electron chi connectivity index (χ0n) is 10.3. The third-order valence-corrected chi connectivity index (χ3v) is 3.43. The molecule has 0 saturated heterocycles. The van der Waals surface area contributed by atoms with Gasteiger partial charge in [-0.25, -0.2) is 4.98 Å². The van der Waals surface area contributed by atoms with Crippen molar-refractivity contribution in [3.8, 4) is 0 Å². The summed E-state index contributed by atoms with van der Waals surface area (Å²) in [6.45, 7) is 2.02. The van der Waals surface area contributed by atoms with Crippen molar-refractivity contribution in [1.29, 1.82) is 0 Å². The largest absolute Gasteiger partial charge is 0.349 e. The SMILES string of the molecule is Cc1cn(C)c(NC2CCc3ccccc32)n1. The smallest absolute Gasteiger partial charge is 0.203 e. The van der Waals surface area contributed by atoms with Crippen LogP contribution in [0, 0.1) is 6.92 Å². The topological polar surface area (TPSA) is 29.9 Å². The number of benzene rings is 1. The van der Waals surface area contributed by atoms with E-state index < -0.39 is 0 Å². The Labute approximate surface area is 101 Å². The molecule has 17 heavy (non-hydrogen) atoms. The van der Waals surface area contributed by atoms with E-state index in [2.05, 4.69) is 39.1 Å². The van der Waals surface area contributed by atoms with Crippen molar-refractivity contribution in [3.05, 3.63) is 47.3 Å². The van der Waals surface area contributed by atoms with Gasteiger partial charge in [0.25, 0.3) is 0 Å². The summed E-state index contributed by atoms with van der Waals surface area (Å²) in [5.41, 5.74) is 3.95. The third-order valence-electron chi connectivity index (χ3n) is 3.43. The summed E-state index contributed by atoms with van der Waals surface area (Å²) in [5, 5.41) is 3.54. The van der Waals surface area contributed by atoms with Crippen LogP contribution in [0.4, 0.5) is 5.95 Å². The lowest BCUT2D eigenvalue weighted by atomic mass is 10.1. The molecule has 1 aliphatic carbocycles. The molecule has 1 heterocycles. The van der Waals surface area contributed by atoms with E-state index in [4.69, 9.17) is 0 Å². The lowest BCUT2D eigenvalue weighted by molar-refractivity contribution is 0.739. The van der Waals surface area contributed by atoms with Crippen molar-refractivity contribution >= 4 is 5.95 Å². The lowest BCUT2D eigenvalue weighted by Crippen LogP contribution is -2.10. The van der Waals surface area contributed by atoms with Gasteiger partial charge in [-0.15, -0.1) is 0 Å². The quantitative estimate of drug-likeness (QED) is 0.855. The molecule has 1 aromatic heterocycles. The number of hydrogen-bond donors (Lipinski definition) is 1. The Bertz CT molecular complexity index is 542. The molecule has 1 aromatic carbocycles. The Morgan fingerprint density at radius 2 is 2.18 bits per heavy atom. The Balaban J connectivity index is 1.86. The monoisotopic (exact) mass is 227 g/mol. The maximum Gasteiger partial charge on any atom is 0.203 e. The lowest BCUT2D eigenvalue weighted by Gasteiger charge is -2.14. The van der Waals surface area contributed by atoms with Crippen LogP contribution in [0.3, 0.4) is 0 Å². The second-order valence-corrected chi connectivity index (χ2v) is 4.75. The van der Waals surface area contributed by atoms with Gasteiger partial charge in [0.15, 0.2) is 0 Å². The Hall–Kier alpha value is -1.77. The van der Waals surface area contributed by atoms with Crippen LogP contribution in [-0.2, 0) is 13.5 Å². The zero-order valence-corrected chi connectivity index (χ0v) is 10.3. The van der Waals surface area contributed by atoms with Gasteiger partial charge in [0.2, 0.25) is 5.95 Å². The Morgan fingerprint density at radius 3 is 2.94 bits per heavy atom. The molecule has 0 spiro atoms. The fourth-order valence-electron chi connectivity index (χ4n) is 2.61. The minimum absolute atomic E-state index is 0.409. The van der Waals surface area contributed by atoms with Gasteiger partial charge in [-0.1, -0.05) is 24.3 Å². The highest BCUT2D eigenvalue weighted by Gasteiger charge is 2.22. The van der Waals surface area contributed by atoms with Crippen LogP contribution < -0.4 is 5.32 Å². The number of nitrogens with one attached hydrogen (secondary N) is 1. The van der Waals surface area contributed by atoms with Gasteiger partial charge >= 0.3 is 0 Å². The highest BCUT2D eigenvalue weighted by molar-refractivity contribution is 5.41. The van der Waals surface area contributed by atoms with E-state index in [9.17, 15) is 0 Å². The van der Waals surface area contributed by atoms with Crippen LogP contribution in [0.25, 0.3) is 0 Å². The zero-order chi connectivity index (χ0) is 11.8. The number of aromatic nitrogens is 2. The second-order valence-electron chi connectivity index (χ2n) is 4.75. The number of anilines is 1. The van der Waals surface area contributed by atoms with Crippen LogP contribution in [-0.4, -0.2) is 9.55 Å². The molecule has 88 valence electrons. The minimum atomic E-state index is 0.409. The van der Waals surface area contributed by atoms with E-state index in [-0.39, 0.29) is 0 Å². The molecule has 0 fully saturated rings. The molecule has 1 aliphatic rings. The molecule has 0 radical (unpaired) electrons. The van der Waals surface area contributed by atoms with Crippen molar-refractivity contribution in [2.75, 3.05) is 5.32 Å². The Morgan fingerprint density at radius 1 is 1.35 bits per heavy atom. The number of fused-ring (bicyclic) bond motifs is 1. The van der Waals surface area contributed by atoms with Crippen LogP contribution in [0.5, 0.6) is 0 Å². The standard InChI is InChI=1S/C14H17N3/c1-10-9-17(2)14(15-10)16-13-8-7-11-5-3-4-6-12(11)13/h3-6,9,13H,7-8H2,1-2H3,(H,15,16). The van der Waals surface area contributed by atoms with Gasteiger partial charge in [-0.05, 0) is 30.9 Å². The number of rotatable bonds is 2. The molecule has 1 unspecified atom stereocenters. The third kappa shape index (κ3) is 1.82. The first-order valence-corrected chi connectivity index (χ1v) is 6.08. The molecule has 0 bridgehead atoms. The van der Waals surface area contributed by atoms with E-state index in [1.54, 1.807) is 0 Å². The normalized spacial score (nSPS) is 18.1. The second kappa shape index (κ2) is 3.91. The molecular weight excluding hydrogens is 210 g/mol. The summed E-state index contributed by atoms with van der Waals surface area (Å²) >= 11 is 0. The average Bonchev–Trinajstić information content (AvgIpc) is 2.85. The van der Waals surface area contributed by atoms with Crippen LogP contribution in [0.1, 0.15) is 29.3 Å². The maximum absolute atomic E-state index is 4.50. The van der Waals surface area contributed by atoms with Gasteiger partial charge in [0.05, 0.1) is 11.7 Å². The van der Waals surface area contributed by atoms with Gasteiger partial charge in [0.1, 0.15) is 0 Å². The fourth-order valence-corrected chi connectivity index (χ4v) is 2.61. The molecule has 1 N–H and O–H groups in total. The molecule has 0 amide bonds. The van der Waals surface area contributed by atoms with E-state index in [0.29, 0.717) is 6.04 Å². The molecule has 3 nitrogen and oxygen atoms in total. The van der Waals surface area contributed by atoms with Crippen LogP contribution in [0.15, 0.2) is 30.5 Å². The van der Waals surface area contributed by atoms with Crippen molar-refractivity contribution in [3.63, 3.8) is 0 Å². The van der Waals surface area contributed by atoms with Crippen molar-refractivity contribution in [1.82, 2.24) is 9.55 Å². The molecule has 3 rings (SSSR count). The molecule has 1 atom stereocenters. The summed E-state index contributed by atoms with van der Waals surface area (Å²) in [4.78, 5) is 4.50. The summed E-state index contributed by atoms with van der Waals surface area (Å²) < 4.78 is 2.05. The predicted octanol–water partition coefficient (Wildman–Crippen LogP) is 2.83. The van der Waals surface area contributed by atoms with Crippen LogP contribution >= 0.6 is 0 Å². The van der Waals surface area contributed by atoms with Gasteiger partial charge in [0, 0.05) is 13.2 Å². The predicted molar refractivity (Wildman–Crippen MR) is 69.1 cm³/mol. The molecule has 3 heteroatoms. The van der Waals surface area contributed by atoms with Crippen LogP contribution in [0.2, 0.25) is 0 Å². The van der Waals surface area contributed by atoms with Gasteiger partial charge < -0.3 is 9.88 Å². The minimum Gasteiger partial charge on any atom is -0.349 e. The number of aryl methyl sites for hydroxylation is 3.